The van der Waals surface area contributed by atoms with Gasteiger partial charge < -0.3 is 15.2 Å². The van der Waals surface area contributed by atoms with E-state index in [4.69, 9.17) is 4.52 Å². The molecule has 0 spiro atoms. The van der Waals surface area contributed by atoms with Crippen molar-refractivity contribution in [2.24, 2.45) is 0 Å². The second kappa shape index (κ2) is 6.67. The van der Waals surface area contributed by atoms with Gasteiger partial charge in [-0.25, -0.2) is 0 Å². The maximum atomic E-state index is 11.2. The van der Waals surface area contributed by atoms with E-state index in [0.29, 0.717) is 23.3 Å². The fourth-order valence-electron chi connectivity index (χ4n) is 2.65. The first kappa shape index (κ1) is 17.4. The van der Waals surface area contributed by atoms with Gasteiger partial charge in [-0.1, -0.05) is 5.16 Å². The second-order valence-electron chi connectivity index (χ2n) is 6.13. The molecule has 0 saturated carbocycles. The molecule has 1 amide bonds. The smallest absolute Gasteiger partial charge is 0.278 e. The van der Waals surface area contributed by atoms with Gasteiger partial charge in [0.1, 0.15) is 0 Å². The van der Waals surface area contributed by atoms with Crippen LogP contribution in [-0.4, -0.2) is 39.3 Å². The van der Waals surface area contributed by atoms with E-state index >= 15 is 0 Å². The normalized spacial score (nSPS) is 17.8. The lowest BCUT2D eigenvalue weighted by Crippen LogP contribution is -2.40. The zero-order chi connectivity index (χ0) is 15.7. The Kier molecular flexibility index (Phi) is 5.06. The van der Waals surface area contributed by atoms with Crippen LogP contribution in [0.4, 0.5) is 0 Å². The summed E-state index contributed by atoms with van der Waals surface area (Å²) in [5.74, 6) is 1.07. The topological polar surface area (TPSA) is 109 Å². The zero-order valence-electron chi connectivity index (χ0n) is 13.3. The summed E-state index contributed by atoms with van der Waals surface area (Å²) in [5, 5.41) is 17.4. The number of amides is 1. The van der Waals surface area contributed by atoms with E-state index in [2.05, 4.69) is 31.0 Å². The van der Waals surface area contributed by atoms with Gasteiger partial charge in [-0.2, -0.15) is 10.1 Å². The molecule has 1 unspecified atom stereocenters. The molecule has 0 aromatic carbocycles. The third-order valence-electron chi connectivity index (χ3n) is 3.79. The van der Waals surface area contributed by atoms with E-state index in [9.17, 15) is 4.79 Å². The number of aromatic nitrogens is 4. The molecule has 1 saturated heterocycles. The molecule has 8 nitrogen and oxygen atoms in total. The Morgan fingerprint density at radius 1 is 1.48 bits per heavy atom. The van der Waals surface area contributed by atoms with Crippen LogP contribution in [0.5, 0.6) is 0 Å². The first-order valence-electron chi connectivity index (χ1n) is 7.35. The number of nitrogens with zero attached hydrogens (tertiary/aromatic N) is 3. The van der Waals surface area contributed by atoms with E-state index in [1.54, 1.807) is 0 Å². The summed E-state index contributed by atoms with van der Waals surface area (Å²) in [7, 11) is 0. The minimum absolute atomic E-state index is 0. The molecule has 3 rings (SSSR count). The average Bonchev–Trinajstić information content (AvgIpc) is 3.18. The third-order valence-corrected chi connectivity index (χ3v) is 3.79. The monoisotopic (exact) mass is 340 g/mol. The molecule has 1 aliphatic heterocycles. The van der Waals surface area contributed by atoms with Gasteiger partial charge in [0.15, 0.2) is 11.5 Å². The van der Waals surface area contributed by atoms with Gasteiger partial charge in [0.2, 0.25) is 5.91 Å². The van der Waals surface area contributed by atoms with Crippen molar-refractivity contribution in [3.8, 4) is 11.6 Å². The van der Waals surface area contributed by atoms with Crippen LogP contribution in [0.2, 0.25) is 0 Å². The lowest BCUT2D eigenvalue weighted by molar-refractivity contribution is -0.120. The molecule has 1 atom stereocenters. The molecule has 2 aromatic heterocycles. The molecular formula is C14H21ClN6O2. The van der Waals surface area contributed by atoms with Gasteiger partial charge in [-0.3, -0.25) is 9.89 Å². The van der Waals surface area contributed by atoms with Crippen LogP contribution in [0.1, 0.15) is 44.6 Å². The number of carbonyl (C=O) groups excluding carboxylic acids is 1. The van der Waals surface area contributed by atoms with E-state index < -0.39 is 5.54 Å². The molecule has 0 radical (unpaired) electrons. The van der Waals surface area contributed by atoms with Crippen molar-refractivity contribution in [1.29, 1.82) is 0 Å². The Hall–Kier alpha value is -1.93. The maximum Gasteiger partial charge on any atom is 0.278 e. The summed E-state index contributed by atoms with van der Waals surface area (Å²) < 4.78 is 5.28. The molecule has 3 heterocycles. The number of halogens is 1. The Balaban J connectivity index is 0.00000192. The molecule has 0 bridgehead atoms. The van der Waals surface area contributed by atoms with Crippen LogP contribution in [0.25, 0.3) is 11.6 Å². The van der Waals surface area contributed by atoms with Crippen LogP contribution in [-0.2, 0) is 10.3 Å². The van der Waals surface area contributed by atoms with Gasteiger partial charge in [-0.15, -0.1) is 12.4 Å². The highest BCUT2D eigenvalue weighted by Crippen LogP contribution is 2.25. The van der Waals surface area contributed by atoms with Crippen LogP contribution in [0.15, 0.2) is 10.6 Å². The molecule has 2 aromatic rings. The maximum absolute atomic E-state index is 11.2. The summed E-state index contributed by atoms with van der Waals surface area (Å²) in [6.45, 7) is 7.08. The Bertz CT molecular complexity index is 674. The SMILES string of the molecule is CC(=O)NC(C)(C)c1noc(-c2cc(C3CCNC3)[nH]n2)n1.Cl. The Morgan fingerprint density at radius 3 is 2.91 bits per heavy atom. The van der Waals surface area contributed by atoms with Crippen molar-refractivity contribution in [2.75, 3.05) is 13.1 Å². The van der Waals surface area contributed by atoms with Gasteiger partial charge in [0, 0.05) is 25.1 Å². The van der Waals surface area contributed by atoms with Crippen molar-refractivity contribution in [1.82, 2.24) is 31.0 Å². The largest absolute Gasteiger partial charge is 0.344 e. The first-order valence-corrected chi connectivity index (χ1v) is 7.35. The molecule has 1 aliphatic rings. The lowest BCUT2D eigenvalue weighted by atomic mass is 10.0. The highest BCUT2D eigenvalue weighted by Gasteiger charge is 2.28. The number of nitrogens with one attached hydrogen (secondary N) is 3. The number of rotatable bonds is 4. The van der Waals surface area contributed by atoms with Crippen LogP contribution in [0, 0.1) is 0 Å². The summed E-state index contributed by atoms with van der Waals surface area (Å²) in [6, 6.07) is 1.94. The number of aromatic amines is 1. The molecule has 9 heteroatoms. The third kappa shape index (κ3) is 3.70. The highest BCUT2D eigenvalue weighted by molar-refractivity contribution is 5.85. The fraction of sp³-hybridized carbons (Fsp3) is 0.571. The summed E-state index contributed by atoms with van der Waals surface area (Å²) in [5.41, 5.74) is 1.00. The van der Waals surface area contributed by atoms with Gasteiger partial charge >= 0.3 is 0 Å². The molecule has 3 N–H and O–H groups in total. The number of hydrogen-bond acceptors (Lipinski definition) is 6. The zero-order valence-corrected chi connectivity index (χ0v) is 14.2. The average molecular weight is 341 g/mol. The molecule has 0 aliphatic carbocycles. The van der Waals surface area contributed by atoms with Crippen molar-refractivity contribution >= 4 is 18.3 Å². The van der Waals surface area contributed by atoms with Gasteiger partial charge in [-0.05, 0) is 32.9 Å². The first-order chi connectivity index (χ1) is 10.5. The van der Waals surface area contributed by atoms with Crippen molar-refractivity contribution in [3.05, 3.63) is 17.6 Å². The minimum Gasteiger partial charge on any atom is -0.344 e. The molecule has 23 heavy (non-hydrogen) atoms. The van der Waals surface area contributed by atoms with Crippen molar-refractivity contribution < 1.29 is 9.32 Å². The van der Waals surface area contributed by atoms with Crippen LogP contribution < -0.4 is 10.6 Å². The van der Waals surface area contributed by atoms with E-state index in [1.165, 1.54) is 6.92 Å². The van der Waals surface area contributed by atoms with Crippen molar-refractivity contribution in [3.63, 3.8) is 0 Å². The number of carbonyl (C=O) groups is 1. The van der Waals surface area contributed by atoms with E-state index in [1.807, 2.05) is 19.9 Å². The highest BCUT2D eigenvalue weighted by atomic mass is 35.5. The van der Waals surface area contributed by atoms with Crippen LogP contribution in [0.3, 0.4) is 0 Å². The fourth-order valence-corrected chi connectivity index (χ4v) is 2.65. The number of H-pyrrole nitrogens is 1. The predicted molar refractivity (Wildman–Crippen MR) is 86.2 cm³/mol. The van der Waals surface area contributed by atoms with Gasteiger partial charge in [0.25, 0.3) is 5.89 Å². The minimum atomic E-state index is -0.692. The van der Waals surface area contributed by atoms with Crippen LogP contribution >= 0.6 is 12.4 Å². The predicted octanol–water partition coefficient (Wildman–Crippen LogP) is 1.33. The van der Waals surface area contributed by atoms with Crippen molar-refractivity contribution in [2.45, 2.75) is 38.6 Å². The Morgan fingerprint density at radius 2 is 2.26 bits per heavy atom. The molecular weight excluding hydrogens is 320 g/mol. The Labute approximate surface area is 140 Å². The molecule has 126 valence electrons. The summed E-state index contributed by atoms with van der Waals surface area (Å²) in [4.78, 5) is 15.6. The van der Waals surface area contributed by atoms with Gasteiger partial charge in [0.05, 0.1) is 5.54 Å². The second-order valence-corrected chi connectivity index (χ2v) is 6.13. The lowest BCUT2D eigenvalue weighted by Gasteiger charge is -2.20. The van der Waals surface area contributed by atoms with E-state index in [-0.39, 0.29) is 18.3 Å². The van der Waals surface area contributed by atoms with E-state index in [0.717, 1.165) is 25.2 Å². The summed E-state index contributed by atoms with van der Waals surface area (Å²) in [6.07, 6.45) is 1.09. The summed E-state index contributed by atoms with van der Waals surface area (Å²) >= 11 is 0. The molecule has 1 fully saturated rings. The quantitative estimate of drug-likeness (QED) is 0.774. The standard InChI is InChI=1S/C14H20N6O2.ClH/c1-8(21)17-14(2,3)13-16-12(22-20-13)11-6-10(18-19-11)9-4-5-15-7-9;/h6,9,15H,4-5,7H2,1-3H3,(H,17,21)(H,18,19);1H. The number of hydrogen-bond donors (Lipinski definition) is 3.